The highest BCUT2D eigenvalue weighted by molar-refractivity contribution is 9.10. The Hall–Kier alpha value is -1.99. The minimum Gasteiger partial charge on any atom is -0.492 e. The first-order valence-corrected chi connectivity index (χ1v) is 10.4. The van der Waals surface area contributed by atoms with E-state index in [1.807, 2.05) is 30.3 Å². The van der Waals surface area contributed by atoms with Gasteiger partial charge in [-0.2, -0.15) is 9.78 Å². The van der Waals surface area contributed by atoms with E-state index < -0.39 is 0 Å². The predicted octanol–water partition coefficient (Wildman–Crippen LogP) is 5.54. The zero-order valence-corrected chi connectivity index (χ0v) is 19.3. The second kappa shape index (κ2) is 8.17. The highest BCUT2D eigenvalue weighted by atomic mass is 79.9. The van der Waals surface area contributed by atoms with Gasteiger partial charge in [0.15, 0.2) is 0 Å². The summed E-state index contributed by atoms with van der Waals surface area (Å²) in [5.41, 5.74) is 1.37. The molecular formula is C21H21Br2N3O2. The van der Waals surface area contributed by atoms with E-state index in [0.717, 1.165) is 20.3 Å². The molecule has 0 spiro atoms. The molecule has 28 heavy (non-hydrogen) atoms. The Morgan fingerprint density at radius 1 is 1.18 bits per heavy atom. The number of ether oxygens (including phenoxy) is 1. The largest absolute Gasteiger partial charge is 0.492 e. The van der Waals surface area contributed by atoms with Crippen molar-refractivity contribution in [2.75, 3.05) is 6.61 Å². The molecule has 1 heterocycles. The number of aromatic nitrogens is 2. The molecule has 5 nitrogen and oxygen atoms in total. The third-order valence-electron chi connectivity index (χ3n) is 3.91. The van der Waals surface area contributed by atoms with Crippen LogP contribution in [0.5, 0.6) is 5.75 Å². The molecule has 3 rings (SSSR count). The smallest absolute Gasteiger partial charge is 0.282 e. The molecule has 0 aliphatic carbocycles. The maximum Gasteiger partial charge on any atom is 0.282 e. The monoisotopic (exact) mass is 505 g/mol. The Kier molecular flexibility index (Phi) is 6.05. The predicted molar refractivity (Wildman–Crippen MR) is 121 cm³/mol. The highest BCUT2D eigenvalue weighted by Crippen LogP contribution is 2.27. The van der Waals surface area contributed by atoms with Crippen molar-refractivity contribution in [2.45, 2.75) is 27.7 Å². The van der Waals surface area contributed by atoms with Gasteiger partial charge in [-0.25, -0.2) is 4.98 Å². The number of nitrogens with zero attached hydrogens (tertiary/aromatic N) is 3. The molecule has 0 unspecified atom stereocenters. The average molecular weight is 507 g/mol. The van der Waals surface area contributed by atoms with Crippen molar-refractivity contribution in [3.8, 4) is 5.75 Å². The molecule has 0 aliphatic rings. The molecule has 0 radical (unpaired) electrons. The summed E-state index contributed by atoms with van der Waals surface area (Å²) < 4.78 is 8.83. The molecule has 3 aromatic rings. The second-order valence-corrected chi connectivity index (χ2v) is 9.49. The van der Waals surface area contributed by atoms with Crippen molar-refractivity contribution in [2.24, 2.45) is 10.5 Å². The fraction of sp³-hybridized carbons (Fsp3) is 0.286. The molecule has 146 valence electrons. The molecule has 0 aliphatic heterocycles. The first-order chi connectivity index (χ1) is 13.1. The molecule has 0 fully saturated rings. The molecule has 0 bridgehead atoms. The van der Waals surface area contributed by atoms with Gasteiger partial charge in [-0.1, -0.05) is 36.7 Å². The summed E-state index contributed by atoms with van der Waals surface area (Å²) >= 11 is 6.93. The number of halogens is 2. The van der Waals surface area contributed by atoms with E-state index in [9.17, 15) is 4.79 Å². The number of hydrogen-bond donors (Lipinski definition) is 0. The van der Waals surface area contributed by atoms with E-state index in [1.54, 1.807) is 19.2 Å². The van der Waals surface area contributed by atoms with Gasteiger partial charge in [0.05, 0.1) is 28.2 Å². The molecular weight excluding hydrogens is 486 g/mol. The van der Waals surface area contributed by atoms with Crippen LogP contribution in [0.2, 0.25) is 0 Å². The van der Waals surface area contributed by atoms with Crippen LogP contribution in [0.1, 0.15) is 32.2 Å². The van der Waals surface area contributed by atoms with Gasteiger partial charge in [-0.15, -0.1) is 0 Å². The van der Waals surface area contributed by atoms with Crippen LogP contribution >= 0.6 is 31.9 Å². The number of hydrogen-bond acceptors (Lipinski definition) is 4. The first-order valence-electron chi connectivity index (χ1n) is 8.80. The highest BCUT2D eigenvalue weighted by Gasteiger charge is 2.12. The van der Waals surface area contributed by atoms with Crippen molar-refractivity contribution in [1.29, 1.82) is 0 Å². The van der Waals surface area contributed by atoms with Crippen molar-refractivity contribution in [1.82, 2.24) is 9.66 Å². The van der Waals surface area contributed by atoms with Gasteiger partial charge < -0.3 is 4.74 Å². The lowest BCUT2D eigenvalue weighted by atomic mass is 9.99. The SMILES string of the molecule is Cc1nc2ccc(Br)cc2c(=O)n1N=Cc1ccc(OCC(C)(C)C)c(Br)c1. The van der Waals surface area contributed by atoms with Crippen LogP contribution in [-0.2, 0) is 0 Å². The van der Waals surface area contributed by atoms with E-state index in [4.69, 9.17) is 4.74 Å². The van der Waals surface area contributed by atoms with E-state index in [1.165, 1.54) is 4.68 Å². The zero-order valence-electron chi connectivity index (χ0n) is 16.2. The van der Waals surface area contributed by atoms with Crippen LogP contribution in [-0.4, -0.2) is 22.5 Å². The first kappa shape index (κ1) is 20.7. The Morgan fingerprint density at radius 2 is 1.93 bits per heavy atom. The lowest BCUT2D eigenvalue weighted by molar-refractivity contribution is 0.197. The Morgan fingerprint density at radius 3 is 2.61 bits per heavy atom. The van der Waals surface area contributed by atoms with Crippen molar-refractivity contribution in [3.05, 3.63) is 67.1 Å². The van der Waals surface area contributed by atoms with Crippen molar-refractivity contribution >= 4 is 49.0 Å². The lowest BCUT2D eigenvalue weighted by Crippen LogP contribution is -2.20. The number of benzene rings is 2. The molecule has 0 amide bonds. The fourth-order valence-corrected chi connectivity index (χ4v) is 3.40. The van der Waals surface area contributed by atoms with E-state index in [0.29, 0.717) is 23.3 Å². The van der Waals surface area contributed by atoms with Gasteiger partial charge >= 0.3 is 0 Å². The van der Waals surface area contributed by atoms with Crippen LogP contribution in [0.25, 0.3) is 10.9 Å². The molecule has 0 atom stereocenters. The zero-order chi connectivity index (χ0) is 20.5. The summed E-state index contributed by atoms with van der Waals surface area (Å²) in [4.78, 5) is 17.2. The fourth-order valence-electron chi connectivity index (χ4n) is 2.53. The van der Waals surface area contributed by atoms with Crippen LogP contribution in [0, 0.1) is 12.3 Å². The third kappa shape index (κ3) is 4.89. The van der Waals surface area contributed by atoms with Gasteiger partial charge in [0, 0.05) is 4.47 Å². The Bertz CT molecular complexity index is 1120. The van der Waals surface area contributed by atoms with E-state index >= 15 is 0 Å². The van der Waals surface area contributed by atoms with Crippen molar-refractivity contribution in [3.63, 3.8) is 0 Å². The van der Waals surface area contributed by atoms with Crippen LogP contribution in [0.4, 0.5) is 0 Å². The summed E-state index contributed by atoms with van der Waals surface area (Å²) in [6, 6.07) is 11.1. The Balaban J connectivity index is 1.90. The number of fused-ring (bicyclic) bond motifs is 1. The quantitative estimate of drug-likeness (QED) is 0.436. The summed E-state index contributed by atoms with van der Waals surface area (Å²) in [5.74, 6) is 1.30. The summed E-state index contributed by atoms with van der Waals surface area (Å²) in [6.07, 6.45) is 1.64. The topological polar surface area (TPSA) is 56.5 Å². The number of rotatable bonds is 4. The number of aryl methyl sites for hydroxylation is 1. The van der Waals surface area contributed by atoms with Gasteiger partial charge in [-0.3, -0.25) is 4.79 Å². The van der Waals surface area contributed by atoms with Crippen LogP contribution in [0.15, 0.2) is 55.2 Å². The maximum atomic E-state index is 12.8. The molecule has 0 saturated heterocycles. The second-order valence-electron chi connectivity index (χ2n) is 7.72. The summed E-state index contributed by atoms with van der Waals surface area (Å²) in [5, 5.41) is 4.87. The molecule has 7 heteroatoms. The van der Waals surface area contributed by atoms with Gasteiger partial charge in [0.2, 0.25) is 0 Å². The molecule has 2 aromatic carbocycles. The maximum absolute atomic E-state index is 12.8. The van der Waals surface area contributed by atoms with Gasteiger partial charge in [0.1, 0.15) is 11.6 Å². The van der Waals surface area contributed by atoms with E-state index in [-0.39, 0.29) is 11.0 Å². The lowest BCUT2D eigenvalue weighted by Gasteiger charge is -2.19. The molecule has 0 saturated carbocycles. The van der Waals surface area contributed by atoms with Crippen LogP contribution < -0.4 is 10.3 Å². The average Bonchev–Trinajstić information content (AvgIpc) is 2.61. The normalized spacial score (nSPS) is 12.1. The standard InChI is InChI=1S/C21H21Br2N3O2/c1-13-25-18-7-6-15(22)10-16(18)20(27)26(13)24-11-14-5-8-19(17(23)9-14)28-12-21(2,3)4/h5-11H,12H2,1-4H3. The summed E-state index contributed by atoms with van der Waals surface area (Å²) in [6.45, 7) is 8.75. The minimum atomic E-state index is -0.204. The van der Waals surface area contributed by atoms with Gasteiger partial charge in [0.25, 0.3) is 5.56 Å². The Labute approximate surface area is 180 Å². The van der Waals surface area contributed by atoms with Gasteiger partial charge in [-0.05, 0) is 70.2 Å². The molecule has 0 N–H and O–H groups in total. The third-order valence-corrected chi connectivity index (χ3v) is 5.02. The summed E-state index contributed by atoms with van der Waals surface area (Å²) in [7, 11) is 0. The van der Waals surface area contributed by atoms with E-state index in [2.05, 4.69) is 62.7 Å². The van der Waals surface area contributed by atoms with Crippen LogP contribution in [0.3, 0.4) is 0 Å². The molecule has 1 aromatic heterocycles. The minimum absolute atomic E-state index is 0.0797. The van der Waals surface area contributed by atoms with Crippen molar-refractivity contribution < 1.29 is 4.74 Å².